The molecule has 3 aromatic rings. The van der Waals surface area contributed by atoms with Crippen LogP contribution in [0.4, 0.5) is 4.79 Å². The number of aryl methyl sites for hydroxylation is 2. The molecule has 0 N–H and O–H groups in total. The van der Waals surface area contributed by atoms with Crippen molar-refractivity contribution in [2.24, 2.45) is 0 Å². The number of rotatable bonds is 11. The van der Waals surface area contributed by atoms with Gasteiger partial charge in [0.15, 0.2) is 11.5 Å². The molecule has 1 saturated heterocycles. The number of methoxy groups -OCH3 is 1. The van der Waals surface area contributed by atoms with Crippen molar-refractivity contribution in [2.45, 2.75) is 26.9 Å². The van der Waals surface area contributed by atoms with Crippen LogP contribution in [0.25, 0.3) is 6.08 Å². The smallest absolute Gasteiger partial charge is 0.293 e. The summed E-state index contributed by atoms with van der Waals surface area (Å²) >= 11 is 4.37. The van der Waals surface area contributed by atoms with Crippen molar-refractivity contribution in [1.29, 1.82) is 0 Å². The summed E-state index contributed by atoms with van der Waals surface area (Å²) in [6, 6.07) is 17.6. The summed E-state index contributed by atoms with van der Waals surface area (Å²) in [4.78, 5) is 27.3. The molecule has 8 heteroatoms. The van der Waals surface area contributed by atoms with Crippen LogP contribution in [0.3, 0.4) is 0 Å². The Balaban J connectivity index is 1.49. The number of allylic oxidation sites excluding steroid dienone is 1. The van der Waals surface area contributed by atoms with Gasteiger partial charge in [0.05, 0.1) is 18.6 Å². The van der Waals surface area contributed by atoms with Gasteiger partial charge in [-0.05, 0) is 90.7 Å². The number of benzene rings is 3. The number of imide groups is 1. The number of ether oxygens (including phenoxy) is 3. The van der Waals surface area contributed by atoms with Crippen molar-refractivity contribution in [3.63, 3.8) is 0 Å². The molecule has 6 nitrogen and oxygen atoms in total. The zero-order chi connectivity index (χ0) is 27.9. The molecule has 3 aromatic carbocycles. The fraction of sp³-hybridized carbons (Fsp3) is 0.226. The number of carbonyl (C=O) groups is 2. The number of amides is 2. The van der Waals surface area contributed by atoms with Crippen molar-refractivity contribution in [3.8, 4) is 17.2 Å². The van der Waals surface area contributed by atoms with Gasteiger partial charge in [-0.3, -0.25) is 14.5 Å². The standard InChI is InChI=1S/C31H30BrNO5S/c1-5-6-24-16-23(17-27(36-4)29(24)38-19-22-9-11-25(32)12-10-22)18-28-30(34)33(31(35)39-28)13-14-37-26-15-20(2)7-8-21(26)3/h5,7-12,15-18H,1,6,13-14,19H2,2-4H3/b28-18-. The van der Waals surface area contributed by atoms with Crippen LogP contribution in [0.1, 0.15) is 27.8 Å². The minimum Gasteiger partial charge on any atom is -0.493 e. The van der Waals surface area contributed by atoms with E-state index in [-0.39, 0.29) is 24.3 Å². The first kappa shape index (κ1) is 28.5. The monoisotopic (exact) mass is 607 g/mol. The van der Waals surface area contributed by atoms with E-state index in [9.17, 15) is 9.59 Å². The van der Waals surface area contributed by atoms with Gasteiger partial charge in [0.25, 0.3) is 11.1 Å². The van der Waals surface area contributed by atoms with E-state index in [0.717, 1.165) is 49.8 Å². The van der Waals surface area contributed by atoms with E-state index in [0.29, 0.717) is 29.4 Å². The average Bonchev–Trinajstić information content (AvgIpc) is 3.18. The van der Waals surface area contributed by atoms with Gasteiger partial charge in [-0.1, -0.05) is 46.3 Å². The van der Waals surface area contributed by atoms with Gasteiger partial charge in [-0.25, -0.2) is 0 Å². The lowest BCUT2D eigenvalue weighted by atomic mass is 10.0. The SMILES string of the molecule is C=CCc1cc(/C=C2\SC(=O)N(CCOc3cc(C)ccc3C)C2=O)cc(OC)c1OCc1ccc(Br)cc1. The lowest BCUT2D eigenvalue weighted by molar-refractivity contribution is -0.123. The highest BCUT2D eigenvalue weighted by molar-refractivity contribution is 9.10. The van der Waals surface area contributed by atoms with Crippen LogP contribution in [0, 0.1) is 13.8 Å². The molecule has 2 amide bonds. The Morgan fingerprint density at radius 2 is 1.77 bits per heavy atom. The molecule has 0 aliphatic carbocycles. The number of carbonyl (C=O) groups excluding carboxylic acids is 2. The molecule has 4 rings (SSSR count). The molecule has 1 aliphatic heterocycles. The minimum atomic E-state index is -0.339. The van der Waals surface area contributed by atoms with Gasteiger partial charge >= 0.3 is 0 Å². The van der Waals surface area contributed by atoms with Crippen molar-refractivity contribution in [1.82, 2.24) is 4.90 Å². The molecule has 202 valence electrons. The van der Waals surface area contributed by atoms with Crippen LogP contribution in [0.15, 0.2) is 76.6 Å². The summed E-state index contributed by atoms with van der Waals surface area (Å²) in [5.41, 5.74) is 4.71. The van der Waals surface area contributed by atoms with Crippen LogP contribution in [-0.2, 0) is 17.8 Å². The Labute approximate surface area is 241 Å². The van der Waals surface area contributed by atoms with Gasteiger partial charge in [0, 0.05) is 10.0 Å². The molecular formula is C31H30BrNO5S. The van der Waals surface area contributed by atoms with E-state index in [1.54, 1.807) is 25.3 Å². The van der Waals surface area contributed by atoms with E-state index in [1.807, 2.05) is 62.4 Å². The second-order valence-corrected chi connectivity index (χ2v) is 11.0. The Morgan fingerprint density at radius 3 is 2.49 bits per heavy atom. The van der Waals surface area contributed by atoms with Crippen molar-refractivity contribution in [2.75, 3.05) is 20.3 Å². The number of hydrogen-bond acceptors (Lipinski definition) is 6. The van der Waals surface area contributed by atoms with Crippen molar-refractivity contribution in [3.05, 3.63) is 104 Å². The maximum atomic E-state index is 13.1. The van der Waals surface area contributed by atoms with E-state index >= 15 is 0 Å². The fourth-order valence-electron chi connectivity index (χ4n) is 4.08. The summed E-state index contributed by atoms with van der Waals surface area (Å²) in [6.07, 6.45) is 4.05. The molecule has 0 atom stereocenters. The van der Waals surface area contributed by atoms with Gasteiger partial charge in [-0.2, -0.15) is 0 Å². The highest BCUT2D eigenvalue weighted by Crippen LogP contribution is 2.37. The normalized spacial score (nSPS) is 14.2. The van der Waals surface area contributed by atoms with Crippen molar-refractivity contribution < 1.29 is 23.8 Å². The molecular weight excluding hydrogens is 578 g/mol. The molecule has 0 radical (unpaired) electrons. The Kier molecular flexibility index (Phi) is 9.54. The molecule has 0 unspecified atom stereocenters. The van der Waals surface area contributed by atoms with Gasteiger partial charge in [-0.15, -0.1) is 6.58 Å². The predicted octanol–water partition coefficient (Wildman–Crippen LogP) is 7.50. The van der Waals surface area contributed by atoms with Gasteiger partial charge in [0.2, 0.25) is 0 Å². The van der Waals surface area contributed by atoms with E-state index < -0.39 is 0 Å². The topological polar surface area (TPSA) is 65.1 Å². The van der Waals surface area contributed by atoms with E-state index in [2.05, 4.69) is 22.5 Å². The molecule has 0 aromatic heterocycles. The number of nitrogens with zero attached hydrogens (tertiary/aromatic N) is 1. The van der Waals surface area contributed by atoms with Gasteiger partial charge < -0.3 is 14.2 Å². The van der Waals surface area contributed by atoms with Crippen molar-refractivity contribution >= 4 is 44.9 Å². The predicted molar refractivity (Wildman–Crippen MR) is 159 cm³/mol. The first-order valence-corrected chi connectivity index (χ1v) is 14.0. The lowest BCUT2D eigenvalue weighted by Gasteiger charge is -2.16. The Bertz CT molecular complexity index is 1420. The summed E-state index contributed by atoms with van der Waals surface area (Å²) < 4.78 is 18.7. The Hall–Kier alpha value is -3.49. The first-order valence-electron chi connectivity index (χ1n) is 12.4. The maximum Gasteiger partial charge on any atom is 0.293 e. The fourth-order valence-corrected chi connectivity index (χ4v) is 5.21. The second kappa shape index (κ2) is 13.0. The van der Waals surface area contributed by atoms with Crippen LogP contribution in [0.2, 0.25) is 0 Å². The third-order valence-corrected chi connectivity index (χ3v) is 7.56. The summed E-state index contributed by atoms with van der Waals surface area (Å²) in [5, 5.41) is -0.316. The number of halogens is 1. The molecule has 1 heterocycles. The number of thioether (sulfide) groups is 1. The zero-order valence-electron chi connectivity index (χ0n) is 22.2. The maximum absolute atomic E-state index is 13.1. The molecule has 0 saturated carbocycles. The molecule has 1 fully saturated rings. The molecule has 39 heavy (non-hydrogen) atoms. The molecule has 0 bridgehead atoms. The summed E-state index contributed by atoms with van der Waals surface area (Å²) in [5.74, 6) is 1.57. The van der Waals surface area contributed by atoms with Crippen LogP contribution >= 0.6 is 27.7 Å². The molecule has 1 aliphatic rings. The third kappa shape index (κ3) is 7.13. The van der Waals surface area contributed by atoms with E-state index in [4.69, 9.17) is 14.2 Å². The largest absolute Gasteiger partial charge is 0.493 e. The quantitative estimate of drug-likeness (QED) is 0.166. The van der Waals surface area contributed by atoms with Crippen LogP contribution < -0.4 is 14.2 Å². The van der Waals surface area contributed by atoms with E-state index in [1.165, 1.54) is 4.90 Å². The summed E-state index contributed by atoms with van der Waals surface area (Å²) in [6.45, 7) is 8.58. The molecule has 0 spiro atoms. The van der Waals surface area contributed by atoms with Gasteiger partial charge in [0.1, 0.15) is 19.0 Å². The number of hydrogen-bond donors (Lipinski definition) is 0. The summed E-state index contributed by atoms with van der Waals surface area (Å²) in [7, 11) is 1.58. The average molecular weight is 609 g/mol. The Morgan fingerprint density at radius 1 is 1.00 bits per heavy atom. The minimum absolute atomic E-state index is 0.170. The second-order valence-electron chi connectivity index (χ2n) is 9.07. The highest BCUT2D eigenvalue weighted by atomic mass is 79.9. The first-order chi connectivity index (χ1) is 18.8. The highest BCUT2D eigenvalue weighted by Gasteiger charge is 2.35. The lowest BCUT2D eigenvalue weighted by Crippen LogP contribution is -2.32. The van der Waals surface area contributed by atoms with Crippen LogP contribution in [-0.4, -0.2) is 36.3 Å². The zero-order valence-corrected chi connectivity index (χ0v) is 24.6. The third-order valence-electron chi connectivity index (χ3n) is 6.12. The van der Waals surface area contributed by atoms with Crippen LogP contribution in [0.5, 0.6) is 17.2 Å².